The number of hydrogen-bond acceptors (Lipinski definition) is 4. The maximum absolute atomic E-state index is 13.4. The second-order valence-electron chi connectivity index (χ2n) is 7.42. The van der Waals surface area contributed by atoms with Crippen molar-refractivity contribution in [1.82, 2.24) is 10.3 Å². The van der Waals surface area contributed by atoms with Crippen LogP contribution in [0.25, 0.3) is 22.2 Å². The van der Waals surface area contributed by atoms with Gasteiger partial charge in [0.05, 0.1) is 37.0 Å². The van der Waals surface area contributed by atoms with Crippen LogP contribution in [0.15, 0.2) is 77.3 Å². The first-order valence-electron chi connectivity index (χ1n) is 10.2. The van der Waals surface area contributed by atoms with Gasteiger partial charge in [0.25, 0.3) is 5.91 Å². The molecule has 32 heavy (non-hydrogen) atoms. The fourth-order valence-corrected chi connectivity index (χ4v) is 3.93. The molecule has 1 atom stereocenters. The van der Waals surface area contributed by atoms with Gasteiger partial charge in [-0.25, -0.2) is 4.98 Å². The van der Waals surface area contributed by atoms with Crippen LogP contribution in [0, 0.1) is 0 Å². The molecule has 162 valence electrons. The predicted molar refractivity (Wildman–Crippen MR) is 130 cm³/mol. The topological polar surface area (TPSA) is 60.5 Å². The van der Waals surface area contributed by atoms with Crippen LogP contribution in [0.2, 0.25) is 0 Å². The minimum atomic E-state index is -0.177. The molecule has 0 radical (unpaired) electrons. The number of aromatic nitrogens is 1. The van der Waals surface area contributed by atoms with Gasteiger partial charge in [0.15, 0.2) is 0 Å². The van der Waals surface area contributed by atoms with Gasteiger partial charge in [0.2, 0.25) is 0 Å². The van der Waals surface area contributed by atoms with E-state index in [0.29, 0.717) is 11.3 Å². The molecule has 1 aromatic heterocycles. The zero-order valence-corrected chi connectivity index (χ0v) is 19.6. The van der Waals surface area contributed by atoms with Crippen molar-refractivity contribution in [2.75, 3.05) is 14.2 Å². The van der Waals surface area contributed by atoms with Gasteiger partial charge in [-0.05, 0) is 61.0 Å². The largest absolute Gasteiger partial charge is 0.497 e. The second-order valence-corrected chi connectivity index (χ2v) is 8.33. The van der Waals surface area contributed by atoms with Gasteiger partial charge in [-0.15, -0.1) is 0 Å². The van der Waals surface area contributed by atoms with Crippen molar-refractivity contribution >= 4 is 32.7 Å². The minimum Gasteiger partial charge on any atom is -0.497 e. The van der Waals surface area contributed by atoms with E-state index >= 15 is 0 Å². The number of fused-ring (bicyclic) bond motifs is 1. The lowest BCUT2D eigenvalue weighted by atomic mass is 10.0. The summed E-state index contributed by atoms with van der Waals surface area (Å²) in [6.07, 6.45) is 0. The number of carbonyl (C=O) groups excluding carboxylic acids is 1. The molecular formula is C26H23BrN2O3. The third-order valence-corrected chi connectivity index (χ3v) is 5.84. The van der Waals surface area contributed by atoms with Crippen molar-refractivity contribution in [2.24, 2.45) is 0 Å². The van der Waals surface area contributed by atoms with E-state index in [2.05, 4.69) is 21.2 Å². The minimum absolute atomic E-state index is 0.164. The third-order valence-electron chi connectivity index (χ3n) is 5.34. The molecule has 4 rings (SSSR count). The van der Waals surface area contributed by atoms with Crippen LogP contribution in [-0.2, 0) is 0 Å². The average Bonchev–Trinajstić information content (AvgIpc) is 2.83. The number of pyridine rings is 1. The molecule has 0 unspecified atom stereocenters. The summed E-state index contributed by atoms with van der Waals surface area (Å²) < 4.78 is 11.5. The Morgan fingerprint density at radius 3 is 2.41 bits per heavy atom. The van der Waals surface area contributed by atoms with Crippen LogP contribution in [0.1, 0.15) is 28.9 Å². The molecule has 0 saturated heterocycles. The summed E-state index contributed by atoms with van der Waals surface area (Å²) in [5.41, 5.74) is 3.89. The highest BCUT2D eigenvalue weighted by atomic mass is 79.9. The fraction of sp³-hybridized carbons (Fsp3) is 0.154. The number of halogens is 1. The maximum Gasteiger partial charge on any atom is 0.252 e. The Balaban J connectivity index is 1.73. The molecule has 6 heteroatoms. The molecule has 0 aliphatic carbocycles. The zero-order chi connectivity index (χ0) is 22.7. The molecular weight excluding hydrogens is 468 g/mol. The first kappa shape index (κ1) is 21.8. The molecule has 1 heterocycles. The number of ether oxygens (including phenoxy) is 2. The Kier molecular flexibility index (Phi) is 6.42. The lowest BCUT2D eigenvalue weighted by Crippen LogP contribution is -2.27. The maximum atomic E-state index is 13.4. The highest BCUT2D eigenvalue weighted by molar-refractivity contribution is 9.10. The number of carbonyl (C=O) groups is 1. The fourth-order valence-electron chi connectivity index (χ4n) is 3.57. The number of benzene rings is 3. The quantitative estimate of drug-likeness (QED) is 0.350. The van der Waals surface area contributed by atoms with E-state index in [1.165, 1.54) is 0 Å². The van der Waals surface area contributed by atoms with E-state index in [4.69, 9.17) is 14.5 Å². The van der Waals surface area contributed by atoms with Gasteiger partial charge in [0, 0.05) is 15.4 Å². The van der Waals surface area contributed by atoms with Crippen molar-refractivity contribution in [3.63, 3.8) is 0 Å². The van der Waals surface area contributed by atoms with Crippen LogP contribution in [0.3, 0.4) is 0 Å². The molecule has 1 amide bonds. The molecule has 3 aromatic carbocycles. The van der Waals surface area contributed by atoms with Crippen LogP contribution in [-0.4, -0.2) is 25.1 Å². The monoisotopic (exact) mass is 490 g/mol. The van der Waals surface area contributed by atoms with Gasteiger partial charge < -0.3 is 14.8 Å². The molecule has 0 aliphatic rings. The lowest BCUT2D eigenvalue weighted by Gasteiger charge is -2.17. The Morgan fingerprint density at radius 2 is 1.69 bits per heavy atom. The van der Waals surface area contributed by atoms with Crippen molar-refractivity contribution in [3.05, 3.63) is 88.4 Å². The predicted octanol–water partition coefficient (Wildman–Crippen LogP) is 6.17. The Bertz CT molecular complexity index is 1270. The summed E-state index contributed by atoms with van der Waals surface area (Å²) in [7, 11) is 3.26. The standard InChI is InChI=1S/C26H23BrN2O3/c1-16(17-7-10-20(31-2)11-8-17)28-26(30)23-15-25(18-5-4-6-21(13-18)32-3)29-24-12-9-19(27)14-22(23)24/h4-16H,1-3H3,(H,28,30)/t16-/m0/s1. The summed E-state index contributed by atoms with van der Waals surface area (Å²) in [5.74, 6) is 1.35. The Labute approximate surface area is 195 Å². The van der Waals surface area contributed by atoms with E-state index in [0.717, 1.165) is 38.0 Å². The Hall–Kier alpha value is -3.38. The highest BCUT2D eigenvalue weighted by Crippen LogP contribution is 2.29. The molecule has 0 aliphatic heterocycles. The smallest absolute Gasteiger partial charge is 0.252 e. The summed E-state index contributed by atoms with van der Waals surface area (Å²) in [6.45, 7) is 1.96. The van der Waals surface area contributed by atoms with Gasteiger partial charge in [0.1, 0.15) is 11.5 Å². The van der Waals surface area contributed by atoms with E-state index in [1.807, 2.05) is 79.7 Å². The van der Waals surface area contributed by atoms with Crippen LogP contribution >= 0.6 is 15.9 Å². The number of methoxy groups -OCH3 is 2. The van der Waals surface area contributed by atoms with Gasteiger partial charge in [-0.1, -0.05) is 40.2 Å². The SMILES string of the molecule is COc1ccc([C@H](C)NC(=O)c2cc(-c3cccc(OC)c3)nc3ccc(Br)cc23)cc1. The summed E-state index contributed by atoms with van der Waals surface area (Å²) in [6, 6.07) is 22.7. The van der Waals surface area contributed by atoms with Gasteiger partial charge in [-0.3, -0.25) is 4.79 Å². The van der Waals surface area contributed by atoms with Gasteiger partial charge >= 0.3 is 0 Å². The molecule has 0 spiro atoms. The highest BCUT2D eigenvalue weighted by Gasteiger charge is 2.17. The number of rotatable bonds is 6. The average molecular weight is 491 g/mol. The number of nitrogens with one attached hydrogen (secondary N) is 1. The normalized spacial score (nSPS) is 11.8. The van der Waals surface area contributed by atoms with Gasteiger partial charge in [-0.2, -0.15) is 0 Å². The summed E-state index contributed by atoms with van der Waals surface area (Å²) in [5, 5.41) is 3.90. The zero-order valence-electron chi connectivity index (χ0n) is 18.1. The molecule has 0 fully saturated rings. The van der Waals surface area contributed by atoms with Crippen molar-refractivity contribution in [2.45, 2.75) is 13.0 Å². The summed E-state index contributed by atoms with van der Waals surface area (Å²) in [4.78, 5) is 18.2. The van der Waals surface area contributed by atoms with Crippen LogP contribution < -0.4 is 14.8 Å². The number of nitrogens with zero attached hydrogens (tertiary/aromatic N) is 1. The van der Waals surface area contributed by atoms with E-state index in [1.54, 1.807) is 14.2 Å². The molecule has 0 bridgehead atoms. The second kappa shape index (κ2) is 9.40. The first-order chi connectivity index (χ1) is 15.5. The third kappa shape index (κ3) is 4.60. The van der Waals surface area contributed by atoms with E-state index < -0.39 is 0 Å². The number of amides is 1. The molecule has 4 aromatic rings. The lowest BCUT2D eigenvalue weighted by molar-refractivity contribution is 0.0941. The Morgan fingerprint density at radius 1 is 0.938 bits per heavy atom. The number of hydrogen-bond donors (Lipinski definition) is 1. The van der Waals surface area contributed by atoms with Crippen LogP contribution in [0.5, 0.6) is 11.5 Å². The van der Waals surface area contributed by atoms with E-state index in [9.17, 15) is 4.79 Å². The molecule has 0 saturated carbocycles. The van der Waals surface area contributed by atoms with Crippen molar-refractivity contribution in [1.29, 1.82) is 0 Å². The van der Waals surface area contributed by atoms with Crippen molar-refractivity contribution < 1.29 is 14.3 Å². The molecule has 5 nitrogen and oxygen atoms in total. The summed E-state index contributed by atoms with van der Waals surface area (Å²) >= 11 is 3.51. The van der Waals surface area contributed by atoms with Crippen LogP contribution in [0.4, 0.5) is 0 Å². The van der Waals surface area contributed by atoms with E-state index in [-0.39, 0.29) is 11.9 Å². The molecule has 1 N–H and O–H groups in total. The first-order valence-corrected chi connectivity index (χ1v) is 11.0. The van der Waals surface area contributed by atoms with Crippen molar-refractivity contribution in [3.8, 4) is 22.8 Å².